The van der Waals surface area contributed by atoms with E-state index in [0.717, 1.165) is 24.1 Å². The number of hydrogen-bond donors (Lipinski definition) is 2. The highest BCUT2D eigenvalue weighted by molar-refractivity contribution is 5.91. The lowest BCUT2D eigenvalue weighted by Crippen LogP contribution is -2.41. The first-order chi connectivity index (χ1) is 17.5. The molecule has 2 aliphatic heterocycles. The Kier molecular flexibility index (Phi) is 8.91. The Hall–Kier alpha value is -3.43. The number of benzene rings is 2. The molecule has 2 amide bonds. The minimum Gasteiger partial charge on any atom is -0.481 e. The van der Waals surface area contributed by atoms with E-state index in [0.29, 0.717) is 44.7 Å². The van der Waals surface area contributed by atoms with Crippen molar-refractivity contribution in [2.75, 3.05) is 38.1 Å². The highest BCUT2D eigenvalue weighted by Gasteiger charge is 2.25. The van der Waals surface area contributed by atoms with Crippen LogP contribution in [0, 0.1) is 0 Å². The first-order valence-electron chi connectivity index (χ1n) is 12.4. The number of aliphatic carboxylic acids is 1. The Balaban J connectivity index is 1.16. The monoisotopic (exact) mass is 495 g/mol. The molecule has 2 N–H and O–H groups in total. The van der Waals surface area contributed by atoms with Gasteiger partial charge in [-0.3, -0.25) is 14.5 Å². The van der Waals surface area contributed by atoms with E-state index in [4.69, 9.17) is 14.6 Å². The standard InChI is InChI=1S/C27H33N3O6/c31-25(28-23-7-6-21-8-12-29(13-11-26(32)33)17-22(21)16-23)19-35-24-9-14-30(15-10-24)27(34)36-18-20-4-2-1-3-5-20/h1-7,16,24H,8-15,17-19H2,(H,28,31)(H,32,33). The van der Waals surface area contributed by atoms with Gasteiger partial charge in [0.1, 0.15) is 13.2 Å². The van der Waals surface area contributed by atoms with E-state index in [1.165, 1.54) is 5.56 Å². The van der Waals surface area contributed by atoms with Crippen molar-refractivity contribution < 1.29 is 29.0 Å². The minimum absolute atomic E-state index is 0.0507. The van der Waals surface area contributed by atoms with Crippen LogP contribution in [0.25, 0.3) is 0 Å². The van der Waals surface area contributed by atoms with Gasteiger partial charge in [-0.1, -0.05) is 36.4 Å². The minimum atomic E-state index is -0.796. The van der Waals surface area contributed by atoms with Gasteiger partial charge in [0.15, 0.2) is 0 Å². The first kappa shape index (κ1) is 25.7. The van der Waals surface area contributed by atoms with Crippen LogP contribution in [-0.2, 0) is 38.6 Å². The molecule has 2 aromatic rings. The average Bonchev–Trinajstić information content (AvgIpc) is 2.90. The molecule has 0 atom stereocenters. The van der Waals surface area contributed by atoms with Crippen molar-refractivity contribution in [3.8, 4) is 0 Å². The van der Waals surface area contributed by atoms with Gasteiger partial charge < -0.3 is 24.8 Å². The third kappa shape index (κ3) is 7.53. The van der Waals surface area contributed by atoms with Crippen molar-refractivity contribution in [1.29, 1.82) is 0 Å². The van der Waals surface area contributed by atoms with E-state index in [2.05, 4.69) is 10.2 Å². The van der Waals surface area contributed by atoms with E-state index in [-0.39, 0.29) is 37.7 Å². The maximum atomic E-state index is 12.5. The molecular weight excluding hydrogens is 462 g/mol. The summed E-state index contributed by atoms with van der Waals surface area (Å²) >= 11 is 0. The van der Waals surface area contributed by atoms with Gasteiger partial charge in [-0.05, 0) is 48.1 Å². The third-order valence-electron chi connectivity index (χ3n) is 6.58. The maximum Gasteiger partial charge on any atom is 0.410 e. The fourth-order valence-corrected chi connectivity index (χ4v) is 4.54. The molecule has 9 nitrogen and oxygen atoms in total. The molecule has 9 heteroatoms. The lowest BCUT2D eigenvalue weighted by Gasteiger charge is -2.31. The smallest absolute Gasteiger partial charge is 0.410 e. The van der Waals surface area contributed by atoms with E-state index in [1.807, 2.05) is 48.5 Å². The predicted molar refractivity (Wildman–Crippen MR) is 133 cm³/mol. The van der Waals surface area contributed by atoms with Crippen LogP contribution < -0.4 is 5.32 Å². The number of piperidine rings is 1. The highest BCUT2D eigenvalue weighted by Crippen LogP contribution is 2.23. The molecule has 0 bridgehead atoms. The first-order valence-corrected chi connectivity index (χ1v) is 12.4. The average molecular weight is 496 g/mol. The van der Waals surface area contributed by atoms with Gasteiger partial charge in [-0.25, -0.2) is 4.79 Å². The number of rotatable bonds is 9. The van der Waals surface area contributed by atoms with Crippen LogP contribution in [0.4, 0.5) is 10.5 Å². The van der Waals surface area contributed by atoms with E-state index < -0.39 is 5.97 Å². The summed E-state index contributed by atoms with van der Waals surface area (Å²) in [5, 5.41) is 11.8. The number of likely N-dealkylation sites (tertiary alicyclic amines) is 1. The molecule has 1 saturated heterocycles. The van der Waals surface area contributed by atoms with Crippen molar-refractivity contribution in [2.45, 2.75) is 44.9 Å². The summed E-state index contributed by atoms with van der Waals surface area (Å²) < 4.78 is 11.2. The summed E-state index contributed by atoms with van der Waals surface area (Å²) in [6.45, 7) is 3.29. The second-order valence-electron chi connectivity index (χ2n) is 9.24. The van der Waals surface area contributed by atoms with Gasteiger partial charge in [-0.15, -0.1) is 0 Å². The number of carboxylic acid groups (broad SMARTS) is 1. The fourth-order valence-electron chi connectivity index (χ4n) is 4.54. The molecule has 1 fully saturated rings. The van der Waals surface area contributed by atoms with Crippen molar-refractivity contribution in [3.05, 3.63) is 65.2 Å². The van der Waals surface area contributed by atoms with Crippen LogP contribution in [0.15, 0.2) is 48.5 Å². The Labute approximate surface area is 211 Å². The SMILES string of the molecule is O=C(O)CCN1CCc2ccc(NC(=O)COC3CCN(C(=O)OCc4ccccc4)CC3)cc2C1. The number of nitrogens with zero attached hydrogens (tertiary/aromatic N) is 2. The highest BCUT2D eigenvalue weighted by atomic mass is 16.6. The lowest BCUT2D eigenvalue weighted by molar-refractivity contribution is -0.137. The maximum absolute atomic E-state index is 12.5. The summed E-state index contributed by atoms with van der Waals surface area (Å²) in [4.78, 5) is 39.4. The van der Waals surface area contributed by atoms with Crippen LogP contribution in [-0.4, -0.2) is 71.8 Å². The van der Waals surface area contributed by atoms with E-state index >= 15 is 0 Å². The van der Waals surface area contributed by atoms with Gasteiger partial charge in [0.2, 0.25) is 5.91 Å². The number of carboxylic acids is 1. The number of fused-ring (bicyclic) bond motifs is 1. The molecule has 4 rings (SSSR count). The van der Waals surface area contributed by atoms with Crippen LogP contribution >= 0.6 is 0 Å². The molecule has 0 aliphatic carbocycles. The summed E-state index contributed by atoms with van der Waals surface area (Å²) in [7, 11) is 0. The molecule has 0 radical (unpaired) electrons. The number of carbonyl (C=O) groups excluding carboxylic acids is 2. The van der Waals surface area contributed by atoms with Crippen LogP contribution in [0.1, 0.15) is 36.0 Å². The van der Waals surface area contributed by atoms with Crippen molar-refractivity contribution in [3.63, 3.8) is 0 Å². The summed E-state index contributed by atoms with van der Waals surface area (Å²) in [6.07, 6.45) is 1.88. The van der Waals surface area contributed by atoms with Crippen LogP contribution in [0.3, 0.4) is 0 Å². The number of amides is 2. The number of ether oxygens (including phenoxy) is 2. The molecule has 2 aliphatic rings. The van der Waals surface area contributed by atoms with Crippen molar-refractivity contribution >= 4 is 23.7 Å². The van der Waals surface area contributed by atoms with E-state index in [1.54, 1.807) is 4.90 Å². The second kappa shape index (κ2) is 12.5. The largest absolute Gasteiger partial charge is 0.481 e. The third-order valence-corrected chi connectivity index (χ3v) is 6.58. The number of hydrogen-bond acceptors (Lipinski definition) is 6. The Bertz CT molecular complexity index is 1050. The Morgan fingerprint density at radius 1 is 1.00 bits per heavy atom. The topological polar surface area (TPSA) is 108 Å². The number of carbonyl (C=O) groups is 3. The van der Waals surface area contributed by atoms with Crippen LogP contribution in [0.5, 0.6) is 0 Å². The molecule has 0 unspecified atom stereocenters. The van der Waals surface area contributed by atoms with Gasteiger partial charge in [-0.2, -0.15) is 0 Å². The lowest BCUT2D eigenvalue weighted by atomic mass is 9.99. The van der Waals surface area contributed by atoms with Crippen molar-refractivity contribution in [1.82, 2.24) is 9.80 Å². The zero-order valence-corrected chi connectivity index (χ0v) is 20.4. The fraction of sp³-hybridized carbons (Fsp3) is 0.444. The summed E-state index contributed by atoms with van der Waals surface area (Å²) in [6, 6.07) is 15.4. The van der Waals surface area contributed by atoms with Gasteiger partial charge in [0.25, 0.3) is 0 Å². The zero-order valence-electron chi connectivity index (χ0n) is 20.4. The molecule has 0 aromatic heterocycles. The predicted octanol–water partition coefficient (Wildman–Crippen LogP) is 3.28. The van der Waals surface area contributed by atoms with Gasteiger partial charge in [0.05, 0.1) is 12.5 Å². The molecule has 0 spiro atoms. The quantitative estimate of drug-likeness (QED) is 0.550. The van der Waals surface area contributed by atoms with Crippen LogP contribution in [0.2, 0.25) is 0 Å². The number of anilines is 1. The molecule has 0 saturated carbocycles. The van der Waals surface area contributed by atoms with Crippen molar-refractivity contribution in [2.24, 2.45) is 0 Å². The summed E-state index contributed by atoms with van der Waals surface area (Å²) in [5.74, 6) is -1.02. The van der Waals surface area contributed by atoms with Gasteiger partial charge in [0, 0.05) is 38.4 Å². The molecular formula is C27H33N3O6. The second-order valence-corrected chi connectivity index (χ2v) is 9.24. The summed E-state index contributed by atoms with van der Waals surface area (Å²) in [5.41, 5.74) is 3.99. The molecule has 2 aromatic carbocycles. The van der Waals surface area contributed by atoms with E-state index in [9.17, 15) is 14.4 Å². The molecule has 36 heavy (non-hydrogen) atoms. The normalized spacial score (nSPS) is 16.3. The molecule has 2 heterocycles. The Morgan fingerprint density at radius 2 is 1.78 bits per heavy atom. The van der Waals surface area contributed by atoms with Gasteiger partial charge >= 0.3 is 12.1 Å². The zero-order chi connectivity index (χ0) is 25.3. The number of nitrogens with one attached hydrogen (secondary N) is 1. The molecule has 192 valence electrons. The Morgan fingerprint density at radius 3 is 2.53 bits per heavy atom.